The van der Waals surface area contributed by atoms with E-state index in [1.807, 2.05) is 36.4 Å². The van der Waals surface area contributed by atoms with E-state index in [1.54, 1.807) is 0 Å². The minimum atomic E-state index is -2.94. The summed E-state index contributed by atoms with van der Waals surface area (Å²) in [4.78, 5) is 0. The Kier molecular flexibility index (Phi) is 3.95. The van der Waals surface area contributed by atoms with Gasteiger partial charge >= 0.3 is 0 Å². The molecule has 5 aromatic rings. The maximum Gasteiger partial charge on any atom is 0.172 e. The average Bonchev–Trinajstić information content (AvgIpc) is 3.34. The minimum absolute atomic E-state index is 0.187. The summed E-state index contributed by atoms with van der Waals surface area (Å²) in [5.74, 6) is 0.187. The Morgan fingerprint density at radius 3 is 1.91 bits per heavy atom. The van der Waals surface area contributed by atoms with Gasteiger partial charge in [-0.3, -0.25) is 0 Å². The Balaban J connectivity index is 1.56. The van der Waals surface area contributed by atoms with Gasteiger partial charge in [-0.1, -0.05) is 109 Å². The topological polar surface area (TPSA) is 17.1 Å². The van der Waals surface area contributed by atoms with Crippen LogP contribution >= 0.6 is 7.14 Å². The first-order valence-electron chi connectivity index (χ1n) is 11.4. The fourth-order valence-electron chi connectivity index (χ4n) is 5.74. The molecule has 2 heteroatoms. The van der Waals surface area contributed by atoms with Gasteiger partial charge in [0, 0.05) is 21.8 Å². The number of benzene rings is 5. The molecule has 0 aromatic heterocycles. The highest BCUT2D eigenvalue weighted by Gasteiger charge is 2.42. The first kappa shape index (κ1) is 18.9. The van der Waals surface area contributed by atoms with Gasteiger partial charge in [-0.15, -0.1) is 0 Å². The summed E-state index contributed by atoms with van der Waals surface area (Å²) in [6, 6.07) is 42.2. The summed E-state index contributed by atoms with van der Waals surface area (Å²) >= 11 is 0. The summed E-state index contributed by atoms with van der Waals surface area (Å²) < 4.78 is 14.9. The first-order valence-corrected chi connectivity index (χ1v) is 13.1. The van der Waals surface area contributed by atoms with Crippen molar-refractivity contribution < 1.29 is 4.57 Å². The third-order valence-corrected chi connectivity index (χ3v) is 10.3. The van der Waals surface area contributed by atoms with Crippen LogP contribution in [-0.2, 0) is 4.57 Å². The van der Waals surface area contributed by atoms with E-state index in [9.17, 15) is 4.57 Å². The van der Waals surface area contributed by atoms with Gasteiger partial charge in [0.1, 0.15) is 0 Å². The van der Waals surface area contributed by atoms with E-state index in [2.05, 4.69) is 84.9 Å². The van der Waals surface area contributed by atoms with Gasteiger partial charge in [-0.25, -0.2) is 0 Å². The Morgan fingerprint density at radius 1 is 0.485 bits per heavy atom. The maximum absolute atomic E-state index is 14.9. The second-order valence-electron chi connectivity index (χ2n) is 8.85. The van der Waals surface area contributed by atoms with Crippen molar-refractivity contribution in [3.8, 4) is 22.3 Å². The molecule has 0 fully saturated rings. The second-order valence-corrected chi connectivity index (χ2v) is 11.5. The van der Waals surface area contributed by atoms with Gasteiger partial charge in [0.25, 0.3) is 0 Å². The van der Waals surface area contributed by atoms with Crippen molar-refractivity contribution in [1.82, 2.24) is 0 Å². The van der Waals surface area contributed by atoms with Crippen molar-refractivity contribution in [3.05, 3.63) is 138 Å². The molecule has 1 heterocycles. The number of hydrogen-bond donors (Lipinski definition) is 0. The van der Waals surface area contributed by atoms with Crippen LogP contribution in [0.5, 0.6) is 0 Å². The Hall–Kier alpha value is -3.67. The predicted octanol–water partition coefficient (Wildman–Crippen LogP) is 6.47. The molecule has 2 atom stereocenters. The molecule has 0 N–H and O–H groups in total. The summed E-state index contributed by atoms with van der Waals surface area (Å²) in [7, 11) is -2.94. The maximum atomic E-state index is 14.9. The summed E-state index contributed by atoms with van der Waals surface area (Å²) in [6.45, 7) is 0. The molecule has 33 heavy (non-hydrogen) atoms. The van der Waals surface area contributed by atoms with Crippen LogP contribution in [-0.4, -0.2) is 0 Å². The molecule has 1 aliphatic carbocycles. The van der Waals surface area contributed by atoms with Crippen molar-refractivity contribution >= 4 is 23.1 Å². The van der Waals surface area contributed by atoms with E-state index in [0.717, 1.165) is 27.0 Å². The molecule has 0 spiro atoms. The van der Waals surface area contributed by atoms with Crippen LogP contribution in [0.2, 0.25) is 0 Å². The highest BCUT2D eigenvalue weighted by atomic mass is 31.2. The average molecular weight is 440 g/mol. The summed E-state index contributed by atoms with van der Waals surface area (Å²) in [6.07, 6.45) is 0. The van der Waals surface area contributed by atoms with E-state index in [4.69, 9.17) is 0 Å². The van der Waals surface area contributed by atoms with Crippen molar-refractivity contribution in [1.29, 1.82) is 0 Å². The molecule has 0 saturated carbocycles. The molecule has 1 aliphatic heterocycles. The fraction of sp³-hybridized carbons (Fsp3) is 0.0323. The Morgan fingerprint density at radius 2 is 1.12 bits per heavy atom. The monoisotopic (exact) mass is 440 g/mol. The Labute approximate surface area is 193 Å². The highest BCUT2D eigenvalue weighted by Crippen LogP contribution is 2.56. The van der Waals surface area contributed by atoms with Gasteiger partial charge in [-0.05, 0) is 51.1 Å². The third kappa shape index (κ3) is 2.52. The van der Waals surface area contributed by atoms with Crippen LogP contribution < -0.4 is 15.9 Å². The third-order valence-electron chi connectivity index (χ3n) is 7.17. The SMILES string of the molecule is O=P1(c2ccccc2)c2ccccc2-c2cc3c(cc21)-c1ccccc1C3c1ccccc1. The molecule has 0 bridgehead atoms. The largest absolute Gasteiger partial charge is 0.309 e. The molecular weight excluding hydrogens is 419 g/mol. The lowest BCUT2D eigenvalue weighted by Gasteiger charge is -2.17. The summed E-state index contributed by atoms with van der Waals surface area (Å²) in [5.41, 5.74) is 8.60. The highest BCUT2D eigenvalue weighted by molar-refractivity contribution is 7.86. The minimum Gasteiger partial charge on any atom is -0.309 e. The molecule has 2 unspecified atom stereocenters. The molecule has 156 valence electrons. The van der Waals surface area contributed by atoms with Gasteiger partial charge in [-0.2, -0.15) is 0 Å². The zero-order valence-electron chi connectivity index (χ0n) is 18.0. The summed E-state index contributed by atoms with van der Waals surface area (Å²) in [5, 5.41) is 2.83. The van der Waals surface area contributed by atoms with Crippen molar-refractivity contribution in [2.75, 3.05) is 0 Å². The van der Waals surface area contributed by atoms with Crippen molar-refractivity contribution in [2.45, 2.75) is 5.92 Å². The predicted molar refractivity (Wildman–Crippen MR) is 138 cm³/mol. The standard InChI is InChI=1S/C31H21OP/c32-33(22-13-5-2-6-14-22)29-18-10-9-16-24(29)27-19-28-26(20-30(27)33)23-15-7-8-17-25(23)31(28)21-11-3-1-4-12-21/h1-20,31H. The Bertz CT molecular complexity index is 1580. The molecule has 2 aliphatic rings. The van der Waals surface area contributed by atoms with Crippen LogP contribution in [0.25, 0.3) is 22.3 Å². The fourth-order valence-corrected chi connectivity index (χ4v) is 8.81. The molecule has 7 rings (SSSR count). The first-order chi connectivity index (χ1) is 16.3. The zero-order chi connectivity index (χ0) is 22.0. The quantitative estimate of drug-likeness (QED) is 0.282. The van der Waals surface area contributed by atoms with Crippen molar-refractivity contribution in [3.63, 3.8) is 0 Å². The second kappa shape index (κ2) is 6.91. The smallest absolute Gasteiger partial charge is 0.172 e. The number of hydrogen-bond acceptors (Lipinski definition) is 1. The van der Waals surface area contributed by atoms with E-state index < -0.39 is 7.14 Å². The van der Waals surface area contributed by atoms with E-state index in [-0.39, 0.29) is 5.92 Å². The van der Waals surface area contributed by atoms with Crippen LogP contribution in [0.1, 0.15) is 22.6 Å². The molecule has 1 nitrogen and oxygen atoms in total. The zero-order valence-corrected chi connectivity index (χ0v) is 18.9. The van der Waals surface area contributed by atoms with Gasteiger partial charge in [0.15, 0.2) is 7.14 Å². The number of rotatable bonds is 2. The molecule has 0 saturated heterocycles. The van der Waals surface area contributed by atoms with Gasteiger partial charge in [0.05, 0.1) is 0 Å². The van der Waals surface area contributed by atoms with Crippen LogP contribution in [0, 0.1) is 0 Å². The van der Waals surface area contributed by atoms with E-state index in [1.165, 1.54) is 27.8 Å². The number of fused-ring (bicyclic) bond motifs is 6. The van der Waals surface area contributed by atoms with Crippen LogP contribution in [0.3, 0.4) is 0 Å². The molecule has 0 radical (unpaired) electrons. The molecule has 5 aromatic carbocycles. The van der Waals surface area contributed by atoms with Crippen molar-refractivity contribution in [2.24, 2.45) is 0 Å². The van der Waals surface area contributed by atoms with E-state index in [0.29, 0.717) is 0 Å². The normalized spacial score (nSPS) is 19.5. The van der Waals surface area contributed by atoms with Crippen LogP contribution in [0.15, 0.2) is 121 Å². The molecular formula is C31H21OP. The molecule has 0 amide bonds. The van der Waals surface area contributed by atoms with Crippen LogP contribution in [0.4, 0.5) is 0 Å². The lowest BCUT2D eigenvalue weighted by molar-refractivity contribution is 0.593. The van der Waals surface area contributed by atoms with E-state index >= 15 is 0 Å². The lowest BCUT2D eigenvalue weighted by Crippen LogP contribution is -2.20. The lowest BCUT2D eigenvalue weighted by atomic mass is 9.88. The van der Waals surface area contributed by atoms with Gasteiger partial charge in [0.2, 0.25) is 0 Å². The van der Waals surface area contributed by atoms with Gasteiger partial charge < -0.3 is 4.57 Å².